The summed E-state index contributed by atoms with van der Waals surface area (Å²) in [6, 6.07) is 88.5. The summed E-state index contributed by atoms with van der Waals surface area (Å²) in [5.41, 5.74) is 11.6. The first kappa shape index (κ1) is 98.9. The standard InChI is InChI=1S/C36H36N2O6.C35H34N2O4.C28H32N2O4.C21H25NO2/c1-36(2,3)44-34(40)37-17-18-38(32(21-37)33(39)25-14-13-24-20-26(42-4)16-15-23(24)19-25)35(41)43-22-31-29-11-7-5-9-27(29)28-10-6-8-12-30(28)31;1-40-27-16-15-23-19-25(14-13-24(23)20-27)34(38)33-21-36(26-7-6-8-26)17-18-37(33)35(39)41-22-32-30-11-4-2-9-28(30)29-10-3-5-12-31(29)32;1-28(2,3)34-27(32)30-15-14-29(18-20-8-6-5-7-9-20)25(19-30)26(31)23-11-10-22-17-24(33-4)13-12-21(22)16-23;1-24-20-10-9-15-12-17(8-7-16(15)13-20)21(23)18-4-3-11-22(14-18)19-5-2-6-19/h5-16,19-20,31-32H,17-18,21-22H2,1-4H3;2-5,9-16,19-20,26,32-33H,6-8,17-18,21-22H2,1H3;5-13,16-17,25H,14-15,18-19H2,1-4H3;7-10,12-13,18-19H,2-6,11,14H2,1H3. The number of Topliss-reactive ketones (excluding diaryl/α,β-unsaturated/α-hetero) is 4. The zero-order valence-electron chi connectivity index (χ0n) is 83.3. The van der Waals surface area contributed by atoms with Crippen molar-refractivity contribution in [1.82, 2.24) is 34.3 Å². The van der Waals surface area contributed by atoms with Gasteiger partial charge in [-0.25, -0.2) is 19.2 Å². The van der Waals surface area contributed by atoms with Crippen LogP contribution in [0.25, 0.3) is 65.3 Å². The van der Waals surface area contributed by atoms with Crippen LogP contribution >= 0.6 is 0 Å². The van der Waals surface area contributed by atoms with Crippen LogP contribution in [0, 0.1) is 5.92 Å². The van der Waals surface area contributed by atoms with Crippen molar-refractivity contribution in [1.29, 1.82) is 0 Å². The van der Waals surface area contributed by atoms with E-state index in [0.29, 0.717) is 67.8 Å². The summed E-state index contributed by atoms with van der Waals surface area (Å²) < 4.78 is 44.4. The molecule has 4 amide bonds. The van der Waals surface area contributed by atoms with E-state index in [4.69, 9.17) is 37.9 Å². The van der Waals surface area contributed by atoms with Crippen molar-refractivity contribution in [2.45, 2.75) is 153 Å². The zero-order valence-corrected chi connectivity index (χ0v) is 83.3. The first-order valence-corrected chi connectivity index (χ1v) is 50.1. The third-order valence-electron chi connectivity index (χ3n) is 29.2. The highest BCUT2D eigenvalue weighted by atomic mass is 16.6. The quantitative estimate of drug-likeness (QED) is 0.0509. The Morgan fingerprint density at radius 2 is 0.629 bits per heavy atom. The molecular formula is C120H127N7O16. The van der Waals surface area contributed by atoms with Crippen molar-refractivity contribution in [3.05, 3.63) is 323 Å². The predicted octanol–water partition coefficient (Wildman–Crippen LogP) is 22.9. The molecule has 4 atom stereocenters. The lowest BCUT2D eigenvalue weighted by Crippen LogP contribution is -2.61. The number of piperazine rings is 3. The van der Waals surface area contributed by atoms with Crippen LogP contribution in [0.15, 0.2) is 273 Å². The minimum absolute atomic E-state index is 0.00140. The molecule has 23 nitrogen and oxygen atoms in total. The Morgan fingerprint density at radius 1 is 0.301 bits per heavy atom. The number of nitrogens with zero attached hydrogens (tertiary/aromatic N) is 7. The van der Waals surface area contributed by atoms with Crippen LogP contribution in [0.2, 0.25) is 0 Å². The van der Waals surface area contributed by atoms with Crippen LogP contribution < -0.4 is 18.9 Å². The molecule has 4 heterocycles. The minimum atomic E-state index is -0.942. The molecule has 0 aromatic heterocycles. The fraction of sp³-hybridized carbons (Fsp3) is 0.350. The zero-order chi connectivity index (χ0) is 99.7. The van der Waals surface area contributed by atoms with E-state index in [1.54, 1.807) is 71.1 Å². The molecule has 4 aliphatic heterocycles. The van der Waals surface area contributed by atoms with Gasteiger partial charge in [0.1, 0.15) is 59.5 Å². The fourth-order valence-electron chi connectivity index (χ4n) is 21.1. The number of likely N-dealkylation sites (tertiary alicyclic amines) is 1. The predicted molar refractivity (Wildman–Crippen MR) is 558 cm³/mol. The van der Waals surface area contributed by atoms with Crippen LogP contribution in [-0.4, -0.2) is 237 Å². The van der Waals surface area contributed by atoms with E-state index in [1.807, 2.05) is 221 Å². The number of piperidine rings is 1. The van der Waals surface area contributed by atoms with Crippen molar-refractivity contribution >= 4 is 90.6 Å². The number of fused-ring (bicyclic) bond motifs is 10. The molecule has 13 aromatic carbocycles. The van der Waals surface area contributed by atoms with Crippen LogP contribution in [0.5, 0.6) is 23.0 Å². The number of benzene rings is 13. The largest absolute Gasteiger partial charge is 0.497 e. The van der Waals surface area contributed by atoms with Gasteiger partial charge in [-0.2, -0.15) is 0 Å². The number of rotatable bonds is 20. The molecule has 4 unspecified atom stereocenters. The van der Waals surface area contributed by atoms with Gasteiger partial charge in [0.2, 0.25) is 0 Å². The molecule has 0 radical (unpaired) electrons. The molecular weight excluding hydrogens is 1800 g/mol. The monoisotopic (exact) mass is 1920 g/mol. The van der Waals surface area contributed by atoms with Crippen molar-refractivity contribution < 1.29 is 76.3 Å². The van der Waals surface area contributed by atoms with Gasteiger partial charge in [0.15, 0.2) is 23.1 Å². The van der Waals surface area contributed by atoms with Crippen LogP contribution in [0.1, 0.15) is 174 Å². The maximum Gasteiger partial charge on any atom is 0.410 e. The summed E-state index contributed by atoms with van der Waals surface area (Å²) in [4.78, 5) is 121. The van der Waals surface area contributed by atoms with Gasteiger partial charge in [-0.15, -0.1) is 0 Å². The highest BCUT2D eigenvalue weighted by Crippen LogP contribution is 2.47. The highest BCUT2D eigenvalue weighted by molar-refractivity contribution is 6.07. The van der Waals surface area contributed by atoms with Crippen LogP contribution in [0.4, 0.5) is 19.2 Å². The number of methoxy groups -OCH3 is 4. The van der Waals surface area contributed by atoms with E-state index in [1.165, 1.54) is 64.3 Å². The minimum Gasteiger partial charge on any atom is -0.497 e. The second-order valence-corrected chi connectivity index (χ2v) is 40.5. The molecule has 8 aliphatic rings. The van der Waals surface area contributed by atoms with Crippen LogP contribution in [0.3, 0.4) is 0 Å². The number of ether oxygens (including phenoxy) is 8. The average molecular weight is 1920 g/mol. The maximum absolute atomic E-state index is 14.1. The van der Waals surface area contributed by atoms with Gasteiger partial charge >= 0.3 is 24.4 Å². The van der Waals surface area contributed by atoms with Gasteiger partial charge < -0.3 is 47.7 Å². The Kier molecular flexibility index (Phi) is 30.2. The molecule has 143 heavy (non-hydrogen) atoms. The second kappa shape index (κ2) is 43.7. The van der Waals surface area contributed by atoms with E-state index < -0.39 is 47.6 Å². The number of carbonyl (C=O) groups excluding carboxylic acids is 8. The normalized spacial score (nSPS) is 18.2. The van der Waals surface area contributed by atoms with E-state index in [-0.39, 0.29) is 74.0 Å². The molecule has 13 aromatic rings. The Labute approximate surface area is 836 Å². The highest BCUT2D eigenvalue weighted by Gasteiger charge is 2.45. The van der Waals surface area contributed by atoms with Crippen molar-refractivity contribution in [2.24, 2.45) is 5.92 Å². The molecule has 0 spiro atoms. The SMILES string of the molecule is COc1ccc2cc(C(=O)C3CCCN(C4CCC4)C3)ccc2c1.COc1ccc2cc(C(=O)C3CN(C(=O)OC(C)(C)C)CCN3C(=O)OCC3c4ccccc4-c4ccccc43)ccc2c1.COc1ccc2cc(C(=O)C3CN(C(=O)OC(C)(C)C)CCN3Cc3ccccc3)ccc2c1.COc1ccc2cc(C(=O)C3CN(C4CCC4)CCN3C(=O)OCC3c4ccccc4-c4ccccc43)ccc2c1. The molecule has 4 aliphatic carbocycles. The van der Waals surface area contributed by atoms with E-state index in [2.05, 4.69) is 75.4 Å². The first-order valence-electron chi connectivity index (χ1n) is 50.1. The maximum atomic E-state index is 14.1. The van der Waals surface area contributed by atoms with Gasteiger partial charge in [-0.05, 0) is 253 Å². The number of carbonyl (C=O) groups is 8. The van der Waals surface area contributed by atoms with E-state index in [9.17, 15) is 38.4 Å². The molecule has 23 heteroatoms. The molecule has 21 rings (SSSR count). The van der Waals surface area contributed by atoms with E-state index >= 15 is 0 Å². The van der Waals surface area contributed by atoms with Gasteiger partial charge in [-0.1, -0.05) is 213 Å². The third-order valence-corrected chi connectivity index (χ3v) is 29.2. The lowest BCUT2D eigenvalue weighted by atomic mass is 9.85. The summed E-state index contributed by atoms with van der Waals surface area (Å²) in [6.45, 7) is 17.6. The lowest BCUT2D eigenvalue weighted by molar-refractivity contribution is 0.00301. The van der Waals surface area contributed by atoms with Gasteiger partial charge in [0, 0.05) is 118 Å². The van der Waals surface area contributed by atoms with Crippen molar-refractivity contribution in [3.8, 4) is 45.3 Å². The third kappa shape index (κ3) is 22.6. The number of ketones is 4. The van der Waals surface area contributed by atoms with Gasteiger partial charge in [0.05, 0.1) is 41.0 Å². The molecule has 0 bridgehead atoms. The number of hydrogen-bond acceptors (Lipinski definition) is 19. The first-order chi connectivity index (χ1) is 69.2. The second-order valence-electron chi connectivity index (χ2n) is 40.5. The van der Waals surface area contributed by atoms with Gasteiger partial charge in [0.25, 0.3) is 0 Å². The molecule has 0 N–H and O–H groups in total. The van der Waals surface area contributed by atoms with Gasteiger partial charge in [-0.3, -0.25) is 43.7 Å². The van der Waals surface area contributed by atoms with Crippen LogP contribution in [-0.2, 0) is 25.5 Å². The van der Waals surface area contributed by atoms with Crippen molar-refractivity contribution in [2.75, 3.05) is 114 Å². The average Bonchev–Trinajstić information content (AvgIpc) is 1.59. The van der Waals surface area contributed by atoms with Crippen molar-refractivity contribution in [3.63, 3.8) is 0 Å². The Morgan fingerprint density at radius 3 is 1.01 bits per heavy atom. The molecule has 6 fully saturated rings. The summed E-state index contributed by atoms with van der Waals surface area (Å²) in [7, 11) is 6.57. The smallest absolute Gasteiger partial charge is 0.410 e. The fourth-order valence-corrected chi connectivity index (χ4v) is 21.1. The number of amides is 4. The topological polar surface area (TPSA) is 233 Å². The lowest BCUT2D eigenvalue weighted by Gasteiger charge is -2.46. The Balaban J connectivity index is 0.000000128. The Bertz CT molecular complexity index is 6790. The molecule has 4 saturated heterocycles. The molecule has 2 saturated carbocycles. The Hall–Kier alpha value is -14.3. The van der Waals surface area contributed by atoms with E-state index in [0.717, 1.165) is 144 Å². The summed E-state index contributed by atoms with van der Waals surface area (Å²) in [5.74, 6) is 3.17. The number of hydrogen-bond donors (Lipinski definition) is 0. The summed E-state index contributed by atoms with van der Waals surface area (Å²) >= 11 is 0. The summed E-state index contributed by atoms with van der Waals surface area (Å²) in [5, 5.41) is 7.97. The summed E-state index contributed by atoms with van der Waals surface area (Å²) in [6.07, 6.45) is 7.82. The molecule has 738 valence electrons.